The Bertz CT molecular complexity index is 1490. The highest BCUT2D eigenvalue weighted by Gasteiger charge is 2.69. The summed E-state index contributed by atoms with van der Waals surface area (Å²) in [4.78, 5) is 33.4. The number of rotatable bonds is 3. The minimum absolute atomic E-state index is 0.00198. The number of phenols is 1. The van der Waals surface area contributed by atoms with Gasteiger partial charge in [0.05, 0.1) is 29.7 Å². The molecule has 7 atom stereocenters. The van der Waals surface area contributed by atoms with E-state index >= 15 is 0 Å². The Morgan fingerprint density at radius 2 is 1.83 bits per heavy atom. The Hall–Kier alpha value is -2.33. The summed E-state index contributed by atoms with van der Waals surface area (Å²) < 4.78 is 6.14. The second-order valence-corrected chi connectivity index (χ2v) is 13.2. The van der Waals surface area contributed by atoms with Crippen LogP contribution in [0.15, 0.2) is 47.5 Å². The zero-order valence-corrected chi connectivity index (χ0v) is 22.2. The highest BCUT2D eigenvalue weighted by Crippen LogP contribution is 2.69. The van der Waals surface area contributed by atoms with Gasteiger partial charge in [0.2, 0.25) is 11.8 Å². The van der Waals surface area contributed by atoms with Crippen molar-refractivity contribution in [1.29, 1.82) is 0 Å². The van der Waals surface area contributed by atoms with Gasteiger partial charge in [0.15, 0.2) is 15.5 Å². The summed E-state index contributed by atoms with van der Waals surface area (Å²) in [5.41, 5.74) is 1.61. The van der Waals surface area contributed by atoms with E-state index in [4.69, 9.17) is 28.6 Å². The fourth-order valence-corrected chi connectivity index (χ4v) is 10.6. The maximum atomic E-state index is 13.8. The van der Waals surface area contributed by atoms with E-state index < -0.39 is 0 Å². The number of carbonyl (C=O) groups excluding carboxylic acids is 2. The summed E-state index contributed by atoms with van der Waals surface area (Å²) in [6.07, 6.45) is 0.866. The molecule has 184 valence electrons. The minimum atomic E-state index is -0.324. The number of nitrogens with zero attached hydrogens (tertiary/aromatic N) is 1. The maximum Gasteiger partial charge on any atom is 0.238 e. The third kappa shape index (κ3) is 3.06. The zero-order valence-electron chi connectivity index (χ0n) is 19.0. The molecule has 2 saturated carbocycles. The van der Waals surface area contributed by atoms with Gasteiger partial charge in [-0.05, 0) is 78.4 Å². The number of hydrogen-bond donors (Lipinski definition) is 2. The van der Waals surface area contributed by atoms with Crippen LogP contribution in [0.25, 0.3) is 0 Å². The van der Waals surface area contributed by atoms with Crippen molar-refractivity contribution in [1.82, 2.24) is 4.98 Å². The largest absolute Gasteiger partial charge is 0.504 e. The fourth-order valence-electron chi connectivity index (χ4n) is 7.12. The number of aromatic amines is 1. The molecule has 10 heteroatoms. The first-order valence-electron chi connectivity index (χ1n) is 11.8. The van der Waals surface area contributed by atoms with Crippen molar-refractivity contribution in [3.63, 3.8) is 0 Å². The van der Waals surface area contributed by atoms with Crippen molar-refractivity contribution in [3.8, 4) is 11.5 Å². The number of anilines is 1. The van der Waals surface area contributed by atoms with Gasteiger partial charge in [0.1, 0.15) is 0 Å². The van der Waals surface area contributed by atoms with Crippen molar-refractivity contribution in [2.24, 2.45) is 29.6 Å². The number of hydrogen-bond acceptors (Lipinski definition) is 7. The summed E-state index contributed by atoms with van der Waals surface area (Å²) >= 11 is 14.9. The zero-order chi connectivity index (χ0) is 24.9. The molecule has 1 aromatic heterocycles. The Morgan fingerprint density at radius 1 is 1.11 bits per heavy atom. The van der Waals surface area contributed by atoms with Gasteiger partial charge in [-0.3, -0.25) is 14.5 Å². The fraction of sp³-hybridized carbons (Fsp3) is 0.346. The first kappa shape index (κ1) is 22.8. The lowest BCUT2D eigenvalue weighted by Gasteiger charge is -2.43. The number of phenolic OH excluding ortho intramolecular Hbond substituents is 1. The number of benzene rings is 2. The third-order valence-electron chi connectivity index (χ3n) is 8.37. The maximum absolute atomic E-state index is 13.8. The molecule has 0 spiro atoms. The SMILES string of the molecule is COc1cc(C2c3sc(=S)[nH]c3SC3C4CC(C5C(=O)N(c6ccc(Cl)cc6)C(=O)C45)C23)ccc1O. The predicted octanol–water partition coefficient (Wildman–Crippen LogP) is 5.85. The van der Waals surface area contributed by atoms with E-state index in [1.54, 1.807) is 60.5 Å². The Labute approximate surface area is 225 Å². The van der Waals surface area contributed by atoms with Crippen LogP contribution in [0, 0.1) is 33.5 Å². The van der Waals surface area contributed by atoms with E-state index in [1.807, 2.05) is 12.1 Å². The van der Waals surface area contributed by atoms with E-state index in [9.17, 15) is 14.7 Å². The van der Waals surface area contributed by atoms with Crippen LogP contribution in [0.3, 0.4) is 0 Å². The van der Waals surface area contributed by atoms with E-state index in [1.165, 1.54) is 4.90 Å². The normalized spacial score (nSPS) is 31.9. The second kappa shape index (κ2) is 8.08. The second-order valence-electron chi connectivity index (χ2n) is 9.88. The number of H-pyrrole nitrogens is 1. The number of aromatic hydroxyl groups is 1. The molecule has 2 aliphatic heterocycles. The first-order valence-corrected chi connectivity index (χ1v) is 14.3. The van der Waals surface area contributed by atoms with Crippen LogP contribution >= 0.6 is 46.9 Å². The lowest BCUT2D eigenvalue weighted by Crippen LogP contribution is -2.42. The van der Waals surface area contributed by atoms with Crippen molar-refractivity contribution >= 4 is 64.4 Å². The highest BCUT2D eigenvalue weighted by molar-refractivity contribution is 8.00. The van der Waals surface area contributed by atoms with E-state index in [0.717, 1.165) is 25.8 Å². The number of thioether (sulfide) groups is 1. The topological polar surface area (TPSA) is 82.6 Å². The third-order valence-corrected chi connectivity index (χ3v) is 11.6. The molecule has 7 unspecified atom stereocenters. The van der Waals surface area contributed by atoms with Crippen LogP contribution in [0.5, 0.6) is 11.5 Å². The smallest absolute Gasteiger partial charge is 0.238 e. The van der Waals surface area contributed by atoms with Gasteiger partial charge in [0.25, 0.3) is 0 Å². The molecule has 3 fully saturated rings. The summed E-state index contributed by atoms with van der Waals surface area (Å²) in [7, 11) is 1.54. The molecule has 2 bridgehead atoms. The minimum Gasteiger partial charge on any atom is -0.504 e. The average molecular weight is 557 g/mol. The van der Waals surface area contributed by atoms with Crippen LogP contribution in [-0.2, 0) is 9.59 Å². The Balaban J connectivity index is 1.33. The van der Waals surface area contributed by atoms with Crippen molar-refractivity contribution in [2.75, 3.05) is 12.0 Å². The van der Waals surface area contributed by atoms with E-state index in [-0.39, 0.29) is 58.3 Å². The van der Waals surface area contributed by atoms with Crippen LogP contribution < -0.4 is 9.64 Å². The molecule has 3 aromatic rings. The van der Waals surface area contributed by atoms with Gasteiger partial charge in [-0.2, -0.15) is 0 Å². The highest BCUT2D eigenvalue weighted by atomic mass is 35.5. The lowest BCUT2D eigenvalue weighted by atomic mass is 9.68. The Morgan fingerprint density at radius 3 is 2.56 bits per heavy atom. The van der Waals surface area contributed by atoms with Gasteiger partial charge in [-0.1, -0.05) is 17.7 Å². The number of methoxy groups -OCH3 is 1. The number of nitrogens with one attached hydrogen (secondary N) is 1. The average Bonchev–Trinajstić information content (AvgIpc) is 3.59. The number of carbonyl (C=O) groups is 2. The van der Waals surface area contributed by atoms with Crippen molar-refractivity contribution in [3.05, 3.63) is 61.9 Å². The molecule has 36 heavy (non-hydrogen) atoms. The number of imide groups is 1. The van der Waals surface area contributed by atoms with Crippen molar-refractivity contribution in [2.45, 2.75) is 22.6 Å². The molecule has 0 radical (unpaired) electrons. The van der Waals surface area contributed by atoms with E-state index in [0.29, 0.717) is 16.5 Å². The monoisotopic (exact) mass is 556 g/mol. The summed E-state index contributed by atoms with van der Waals surface area (Å²) in [5, 5.41) is 12.0. The molecule has 3 heterocycles. The molecule has 7 rings (SSSR count). The van der Waals surface area contributed by atoms with Crippen LogP contribution in [-0.4, -0.2) is 34.3 Å². The van der Waals surface area contributed by atoms with Gasteiger partial charge in [-0.15, -0.1) is 23.1 Å². The van der Waals surface area contributed by atoms with Gasteiger partial charge < -0.3 is 14.8 Å². The van der Waals surface area contributed by atoms with Crippen LogP contribution in [0.1, 0.15) is 22.8 Å². The predicted molar refractivity (Wildman–Crippen MR) is 142 cm³/mol. The number of halogens is 1. The summed E-state index contributed by atoms with van der Waals surface area (Å²) in [5.74, 6) is 0.0652. The van der Waals surface area contributed by atoms with Crippen LogP contribution in [0.4, 0.5) is 5.69 Å². The molecular formula is C26H21ClN2O4S3. The molecule has 2 aliphatic carbocycles. The number of thiazole rings is 1. The molecular weight excluding hydrogens is 536 g/mol. The number of aromatic nitrogens is 1. The molecule has 2 amide bonds. The number of amides is 2. The first-order chi connectivity index (χ1) is 17.4. The van der Waals surface area contributed by atoms with Gasteiger partial charge in [0, 0.05) is 21.1 Å². The van der Waals surface area contributed by atoms with E-state index in [2.05, 4.69) is 4.98 Å². The number of fused-ring (bicyclic) bond motifs is 9. The van der Waals surface area contributed by atoms with Gasteiger partial charge >= 0.3 is 0 Å². The number of ether oxygens (including phenoxy) is 1. The molecule has 2 aromatic carbocycles. The quantitative estimate of drug-likeness (QED) is 0.311. The summed E-state index contributed by atoms with van der Waals surface area (Å²) in [6, 6.07) is 12.4. The Kier molecular flexibility index (Phi) is 5.13. The molecule has 4 aliphatic rings. The lowest BCUT2D eigenvalue weighted by molar-refractivity contribution is -0.123. The van der Waals surface area contributed by atoms with Crippen molar-refractivity contribution < 1.29 is 19.4 Å². The van der Waals surface area contributed by atoms with Gasteiger partial charge in [-0.25, -0.2) is 0 Å². The molecule has 6 nitrogen and oxygen atoms in total. The standard InChI is InChI=1S/C26H21ClN2O4S3/c1-33-16-8-10(2-7-15(16)30)17-18-13-9-14(21(18)35-23-22(17)36-26(34)28-23)20-19(13)24(31)29(25(20)32)12-5-3-11(27)4-6-12/h2-8,13-14,17-21,30H,9H2,1H3,(H,28,34). The molecule has 1 saturated heterocycles. The summed E-state index contributed by atoms with van der Waals surface area (Å²) in [6.45, 7) is 0. The molecule has 2 N–H and O–H groups in total. The van der Waals surface area contributed by atoms with Crippen LogP contribution in [0.2, 0.25) is 5.02 Å².